The van der Waals surface area contributed by atoms with E-state index in [4.69, 9.17) is 9.47 Å². The minimum absolute atomic E-state index is 0.124. The number of hydrogen-bond donors (Lipinski definition) is 2. The first-order valence-electron chi connectivity index (χ1n) is 13.3. The average molecular weight is 537 g/mol. The molecular weight excluding hydrogens is 500 g/mol. The molecule has 0 saturated carbocycles. The van der Waals surface area contributed by atoms with Gasteiger partial charge >= 0.3 is 12.1 Å². The molecule has 0 fully saturated rings. The normalized spacial score (nSPS) is 12.3. The number of rotatable bonds is 12. The number of ether oxygens (including phenoxy) is 2. The standard InChI is InChI=1S/C30H36N2O7/c1-30(2,3)39-29(37)32-19-25(33)31-16-10-6-4-5-7-11-17-38-28(36)20-14-15-23-24(18-20)27(35)22-13-9-8-12-21(22)26(23)34/h8-9,12-15,18H,4-7,10-11,16-17,19H2,1-3H3,(H,31,33)(H,32,37). The summed E-state index contributed by atoms with van der Waals surface area (Å²) >= 11 is 0. The molecule has 0 unspecified atom stereocenters. The van der Waals surface area contributed by atoms with Crippen LogP contribution >= 0.6 is 0 Å². The van der Waals surface area contributed by atoms with Gasteiger partial charge in [0.2, 0.25) is 5.91 Å². The summed E-state index contributed by atoms with van der Waals surface area (Å²) < 4.78 is 10.4. The summed E-state index contributed by atoms with van der Waals surface area (Å²) in [5.41, 5.74) is 0.886. The lowest BCUT2D eigenvalue weighted by molar-refractivity contribution is -0.120. The van der Waals surface area contributed by atoms with Gasteiger partial charge in [-0.05, 0) is 51.8 Å². The molecular formula is C30H36N2O7. The van der Waals surface area contributed by atoms with E-state index in [2.05, 4.69) is 10.6 Å². The van der Waals surface area contributed by atoms with Gasteiger partial charge in [0.1, 0.15) is 5.60 Å². The van der Waals surface area contributed by atoms with Gasteiger partial charge in [0.05, 0.1) is 18.7 Å². The van der Waals surface area contributed by atoms with E-state index >= 15 is 0 Å². The first kappa shape index (κ1) is 29.5. The fourth-order valence-electron chi connectivity index (χ4n) is 4.17. The van der Waals surface area contributed by atoms with E-state index in [1.54, 1.807) is 45.0 Å². The number of ketones is 2. The van der Waals surface area contributed by atoms with Crippen molar-refractivity contribution < 1.29 is 33.4 Å². The second kappa shape index (κ2) is 13.7. The molecule has 0 atom stereocenters. The van der Waals surface area contributed by atoms with Gasteiger partial charge in [-0.1, -0.05) is 49.9 Å². The molecule has 2 N–H and O–H groups in total. The molecule has 39 heavy (non-hydrogen) atoms. The van der Waals surface area contributed by atoms with E-state index in [1.807, 2.05) is 0 Å². The van der Waals surface area contributed by atoms with Crippen molar-refractivity contribution in [3.8, 4) is 0 Å². The Kier molecular flexibility index (Phi) is 10.4. The van der Waals surface area contributed by atoms with Crippen LogP contribution < -0.4 is 10.6 Å². The fourth-order valence-corrected chi connectivity index (χ4v) is 4.17. The quantitative estimate of drug-likeness (QED) is 0.256. The van der Waals surface area contributed by atoms with Crippen LogP contribution in [0.25, 0.3) is 0 Å². The first-order chi connectivity index (χ1) is 18.6. The predicted octanol–water partition coefficient (Wildman–Crippen LogP) is 4.60. The molecule has 0 aromatic heterocycles. The van der Waals surface area contributed by atoms with Crippen LogP contribution in [0, 0.1) is 0 Å². The van der Waals surface area contributed by atoms with E-state index in [1.165, 1.54) is 18.2 Å². The molecule has 9 heteroatoms. The Hall–Kier alpha value is -4.01. The Balaban J connectivity index is 1.26. The lowest BCUT2D eigenvalue weighted by atomic mass is 9.83. The number of hydrogen-bond acceptors (Lipinski definition) is 7. The summed E-state index contributed by atoms with van der Waals surface area (Å²) in [4.78, 5) is 61.3. The zero-order chi connectivity index (χ0) is 28.4. The number of amides is 2. The van der Waals surface area contributed by atoms with Gasteiger partial charge in [-0.3, -0.25) is 14.4 Å². The van der Waals surface area contributed by atoms with Crippen molar-refractivity contribution in [1.29, 1.82) is 0 Å². The van der Waals surface area contributed by atoms with E-state index in [0.29, 0.717) is 29.7 Å². The third-order valence-corrected chi connectivity index (χ3v) is 6.08. The van der Waals surface area contributed by atoms with Crippen LogP contribution in [0.15, 0.2) is 42.5 Å². The van der Waals surface area contributed by atoms with E-state index < -0.39 is 17.7 Å². The summed E-state index contributed by atoms with van der Waals surface area (Å²) in [7, 11) is 0. The SMILES string of the molecule is CC(C)(C)OC(=O)NCC(=O)NCCCCCCCCOC(=O)c1ccc2c(c1)C(=O)c1ccccc1C2=O. The number of fused-ring (bicyclic) bond motifs is 2. The number of esters is 1. The molecule has 2 aromatic rings. The van der Waals surface area contributed by atoms with Crippen molar-refractivity contribution >= 4 is 29.5 Å². The Labute approximate surface area is 228 Å². The summed E-state index contributed by atoms with van der Waals surface area (Å²) in [6, 6.07) is 11.2. The molecule has 0 radical (unpaired) electrons. The van der Waals surface area contributed by atoms with Gasteiger partial charge < -0.3 is 20.1 Å². The zero-order valence-electron chi connectivity index (χ0n) is 22.8. The van der Waals surface area contributed by atoms with Crippen molar-refractivity contribution in [1.82, 2.24) is 10.6 Å². The zero-order valence-corrected chi connectivity index (χ0v) is 22.8. The number of carbonyl (C=O) groups excluding carboxylic acids is 5. The maximum atomic E-state index is 12.8. The van der Waals surface area contributed by atoms with Crippen molar-refractivity contribution in [2.24, 2.45) is 0 Å². The second-order valence-electron chi connectivity index (χ2n) is 10.4. The third-order valence-electron chi connectivity index (χ3n) is 6.08. The highest BCUT2D eigenvalue weighted by Crippen LogP contribution is 2.28. The molecule has 0 heterocycles. The number of alkyl carbamates (subject to hydrolysis) is 1. The summed E-state index contributed by atoms with van der Waals surface area (Å²) in [5.74, 6) is -1.28. The van der Waals surface area contributed by atoms with Gasteiger partial charge in [0.15, 0.2) is 11.6 Å². The van der Waals surface area contributed by atoms with Crippen molar-refractivity contribution in [2.45, 2.75) is 64.9 Å². The van der Waals surface area contributed by atoms with Gasteiger partial charge in [0.25, 0.3) is 0 Å². The Morgan fingerprint density at radius 3 is 2.00 bits per heavy atom. The maximum absolute atomic E-state index is 12.8. The summed E-state index contributed by atoms with van der Waals surface area (Å²) in [6.45, 7) is 5.94. The lowest BCUT2D eigenvalue weighted by Gasteiger charge is -2.19. The average Bonchev–Trinajstić information content (AvgIpc) is 2.90. The van der Waals surface area contributed by atoms with Crippen LogP contribution in [-0.4, -0.2) is 54.8 Å². The number of carbonyl (C=O) groups is 5. The molecule has 9 nitrogen and oxygen atoms in total. The third kappa shape index (κ3) is 8.77. The smallest absolute Gasteiger partial charge is 0.408 e. The lowest BCUT2D eigenvalue weighted by Crippen LogP contribution is -2.39. The van der Waals surface area contributed by atoms with E-state index in [-0.39, 0.29) is 41.8 Å². The highest BCUT2D eigenvalue weighted by molar-refractivity contribution is 6.28. The number of unbranched alkanes of at least 4 members (excludes halogenated alkanes) is 5. The maximum Gasteiger partial charge on any atom is 0.408 e. The van der Waals surface area contributed by atoms with Gasteiger partial charge in [-0.25, -0.2) is 9.59 Å². The number of nitrogens with one attached hydrogen (secondary N) is 2. The van der Waals surface area contributed by atoms with Crippen LogP contribution in [0.5, 0.6) is 0 Å². The molecule has 1 aliphatic rings. The number of benzene rings is 2. The van der Waals surface area contributed by atoms with E-state index in [9.17, 15) is 24.0 Å². The van der Waals surface area contributed by atoms with Gasteiger partial charge in [-0.15, -0.1) is 0 Å². The first-order valence-corrected chi connectivity index (χ1v) is 13.3. The van der Waals surface area contributed by atoms with E-state index in [0.717, 1.165) is 32.1 Å². The van der Waals surface area contributed by atoms with Crippen molar-refractivity contribution in [3.63, 3.8) is 0 Å². The molecule has 2 aromatic carbocycles. The Bertz CT molecular complexity index is 1230. The Morgan fingerprint density at radius 1 is 0.744 bits per heavy atom. The topological polar surface area (TPSA) is 128 Å². The van der Waals surface area contributed by atoms with Gasteiger partial charge in [0, 0.05) is 28.8 Å². The fraction of sp³-hybridized carbons (Fsp3) is 0.433. The monoisotopic (exact) mass is 536 g/mol. The molecule has 3 rings (SSSR count). The van der Waals surface area contributed by atoms with Crippen LogP contribution in [0.2, 0.25) is 0 Å². The van der Waals surface area contributed by atoms with Crippen molar-refractivity contribution in [3.05, 3.63) is 70.3 Å². The minimum Gasteiger partial charge on any atom is -0.462 e. The molecule has 0 saturated heterocycles. The molecule has 2 amide bonds. The Morgan fingerprint density at radius 2 is 1.33 bits per heavy atom. The highest BCUT2D eigenvalue weighted by Gasteiger charge is 2.30. The largest absolute Gasteiger partial charge is 0.462 e. The molecule has 208 valence electrons. The van der Waals surface area contributed by atoms with Gasteiger partial charge in [-0.2, -0.15) is 0 Å². The molecule has 0 bridgehead atoms. The van der Waals surface area contributed by atoms with Crippen molar-refractivity contribution in [2.75, 3.05) is 19.7 Å². The highest BCUT2D eigenvalue weighted by atomic mass is 16.6. The summed E-state index contributed by atoms with van der Waals surface area (Å²) in [6.07, 6.45) is 4.73. The van der Waals surface area contributed by atoms with Crippen LogP contribution in [0.4, 0.5) is 4.79 Å². The van der Waals surface area contributed by atoms with Crippen LogP contribution in [-0.2, 0) is 14.3 Å². The summed E-state index contributed by atoms with van der Waals surface area (Å²) in [5, 5.41) is 5.18. The predicted molar refractivity (Wildman–Crippen MR) is 145 cm³/mol. The minimum atomic E-state index is -0.622. The molecule has 0 aliphatic heterocycles. The second-order valence-corrected chi connectivity index (χ2v) is 10.4. The van der Waals surface area contributed by atoms with Crippen LogP contribution in [0.1, 0.15) is 101 Å². The van der Waals surface area contributed by atoms with Crippen LogP contribution in [0.3, 0.4) is 0 Å². The molecule has 0 spiro atoms. The molecule has 1 aliphatic carbocycles.